The second-order valence-electron chi connectivity index (χ2n) is 11.4. The summed E-state index contributed by atoms with van der Waals surface area (Å²) in [5.41, 5.74) is 10.0. The Hall–Kier alpha value is -5.64. The molecule has 0 unspecified atom stereocenters. The minimum atomic E-state index is 0.897. The third-order valence-corrected chi connectivity index (χ3v) is 9.83. The molecule has 0 bridgehead atoms. The van der Waals surface area contributed by atoms with E-state index in [1.54, 1.807) is 0 Å². The molecule has 0 amide bonds. The summed E-state index contributed by atoms with van der Waals surface area (Å²) in [6.07, 6.45) is 0. The predicted molar refractivity (Wildman–Crippen MR) is 192 cm³/mol. The summed E-state index contributed by atoms with van der Waals surface area (Å²) < 4.78 is 8.78. The van der Waals surface area contributed by atoms with Crippen molar-refractivity contribution in [3.05, 3.63) is 164 Å². The van der Waals surface area contributed by atoms with Gasteiger partial charge < -0.3 is 9.32 Å². The van der Waals surface area contributed by atoms with E-state index in [4.69, 9.17) is 4.42 Å². The van der Waals surface area contributed by atoms with Gasteiger partial charge in [0.1, 0.15) is 11.2 Å². The molecule has 0 aliphatic rings. The normalized spacial score (nSPS) is 11.6. The predicted octanol–water partition coefficient (Wildman–Crippen LogP) is 12.8. The number of hydrogen-bond acceptors (Lipinski definition) is 3. The second kappa shape index (κ2) is 10.5. The van der Waals surface area contributed by atoms with Gasteiger partial charge in [-0.1, -0.05) is 109 Å². The highest BCUT2D eigenvalue weighted by molar-refractivity contribution is 7.26. The third-order valence-electron chi connectivity index (χ3n) is 8.69. The Morgan fingerprint density at radius 2 is 0.978 bits per heavy atom. The van der Waals surface area contributed by atoms with Crippen molar-refractivity contribution in [2.24, 2.45) is 0 Å². The van der Waals surface area contributed by atoms with Crippen molar-refractivity contribution in [3.8, 4) is 22.3 Å². The van der Waals surface area contributed by atoms with Crippen LogP contribution < -0.4 is 4.90 Å². The Balaban J connectivity index is 1.20. The molecule has 0 aliphatic heterocycles. The Bertz CT molecular complexity index is 2470. The molecule has 3 heteroatoms. The molecule has 9 rings (SSSR count). The van der Waals surface area contributed by atoms with Gasteiger partial charge in [-0.05, 0) is 76.9 Å². The van der Waals surface area contributed by atoms with Crippen LogP contribution in [-0.2, 0) is 0 Å². The lowest BCUT2D eigenvalue weighted by Gasteiger charge is -2.27. The summed E-state index contributed by atoms with van der Waals surface area (Å²) >= 11 is 1.85. The van der Waals surface area contributed by atoms with Crippen molar-refractivity contribution >= 4 is 70.5 Å². The lowest BCUT2D eigenvalue weighted by Crippen LogP contribution is -2.10. The molecule has 0 spiro atoms. The number of fused-ring (bicyclic) bond motifs is 6. The number of para-hydroxylation sites is 1. The van der Waals surface area contributed by atoms with Gasteiger partial charge in [0.05, 0.1) is 5.69 Å². The number of rotatable bonds is 5. The van der Waals surface area contributed by atoms with Crippen LogP contribution in [0.3, 0.4) is 0 Å². The first kappa shape index (κ1) is 25.8. The standard InChI is InChI=1S/C42H27NOS/c1-2-9-28(10-3-1)29-17-19-30(20-18-29)31-21-23-32(24-22-31)43(33-25-26-39-36(27-33)34-11-4-6-14-38(34)44-39)37-13-8-16-41-42(37)35-12-5-7-15-40(35)45-41/h1-27H. The van der Waals surface area contributed by atoms with E-state index in [1.807, 2.05) is 23.5 Å². The van der Waals surface area contributed by atoms with Gasteiger partial charge >= 0.3 is 0 Å². The fourth-order valence-electron chi connectivity index (χ4n) is 6.51. The summed E-state index contributed by atoms with van der Waals surface area (Å²) in [5, 5.41) is 4.80. The van der Waals surface area contributed by atoms with Gasteiger partial charge in [0.2, 0.25) is 0 Å². The number of anilines is 3. The number of hydrogen-bond donors (Lipinski definition) is 0. The smallest absolute Gasteiger partial charge is 0.135 e. The van der Waals surface area contributed by atoms with Crippen molar-refractivity contribution in [2.45, 2.75) is 0 Å². The molecule has 45 heavy (non-hydrogen) atoms. The van der Waals surface area contributed by atoms with E-state index in [1.165, 1.54) is 42.4 Å². The zero-order chi connectivity index (χ0) is 29.7. The summed E-state index contributed by atoms with van der Waals surface area (Å²) in [5.74, 6) is 0. The molecular formula is C42H27NOS. The topological polar surface area (TPSA) is 16.4 Å². The zero-order valence-electron chi connectivity index (χ0n) is 24.4. The first-order valence-corrected chi connectivity index (χ1v) is 16.0. The van der Waals surface area contributed by atoms with Crippen molar-refractivity contribution in [1.82, 2.24) is 0 Å². The van der Waals surface area contributed by atoms with Crippen LogP contribution in [0.4, 0.5) is 17.1 Å². The van der Waals surface area contributed by atoms with E-state index in [-0.39, 0.29) is 0 Å². The van der Waals surface area contributed by atoms with Gasteiger partial charge in [0.15, 0.2) is 0 Å². The van der Waals surface area contributed by atoms with Gasteiger partial charge in [-0.2, -0.15) is 0 Å². The number of furan rings is 1. The van der Waals surface area contributed by atoms with Gasteiger partial charge in [-0.15, -0.1) is 11.3 Å². The van der Waals surface area contributed by atoms with Crippen molar-refractivity contribution in [2.75, 3.05) is 4.90 Å². The fraction of sp³-hybridized carbons (Fsp3) is 0. The summed E-state index contributed by atoms with van der Waals surface area (Å²) in [6.45, 7) is 0. The molecule has 0 N–H and O–H groups in total. The van der Waals surface area contributed by atoms with Crippen molar-refractivity contribution in [1.29, 1.82) is 0 Å². The minimum Gasteiger partial charge on any atom is -0.456 e. The molecular weight excluding hydrogens is 567 g/mol. The second-order valence-corrected chi connectivity index (χ2v) is 12.4. The highest BCUT2D eigenvalue weighted by atomic mass is 32.1. The van der Waals surface area contributed by atoms with E-state index in [9.17, 15) is 0 Å². The van der Waals surface area contributed by atoms with Crippen LogP contribution in [0.2, 0.25) is 0 Å². The Labute approximate surface area is 265 Å². The number of nitrogens with zero attached hydrogens (tertiary/aromatic N) is 1. The van der Waals surface area contributed by atoms with Gasteiger partial charge in [0, 0.05) is 42.3 Å². The maximum Gasteiger partial charge on any atom is 0.135 e. The lowest BCUT2D eigenvalue weighted by molar-refractivity contribution is 0.669. The van der Waals surface area contributed by atoms with E-state index in [2.05, 4.69) is 157 Å². The Morgan fingerprint density at radius 3 is 1.76 bits per heavy atom. The largest absolute Gasteiger partial charge is 0.456 e. The molecule has 2 nitrogen and oxygen atoms in total. The maximum atomic E-state index is 6.20. The first-order valence-electron chi connectivity index (χ1n) is 15.2. The van der Waals surface area contributed by atoms with Crippen LogP contribution in [0.25, 0.3) is 64.4 Å². The first-order chi connectivity index (χ1) is 22.3. The van der Waals surface area contributed by atoms with Crippen LogP contribution in [-0.4, -0.2) is 0 Å². The van der Waals surface area contributed by atoms with E-state index >= 15 is 0 Å². The van der Waals surface area contributed by atoms with Crippen LogP contribution in [0.1, 0.15) is 0 Å². The summed E-state index contributed by atoms with van der Waals surface area (Å²) in [7, 11) is 0. The number of thiophene rings is 1. The van der Waals surface area contributed by atoms with Crippen molar-refractivity contribution in [3.63, 3.8) is 0 Å². The average molecular weight is 594 g/mol. The molecule has 2 aromatic heterocycles. The highest BCUT2D eigenvalue weighted by Crippen LogP contribution is 2.46. The Kier molecular flexibility index (Phi) is 6.03. The molecule has 0 aliphatic carbocycles. The van der Waals surface area contributed by atoms with Gasteiger partial charge in [0.25, 0.3) is 0 Å². The van der Waals surface area contributed by atoms with E-state index < -0.39 is 0 Å². The van der Waals surface area contributed by atoms with Crippen LogP contribution in [0.5, 0.6) is 0 Å². The molecule has 212 valence electrons. The van der Waals surface area contributed by atoms with Gasteiger partial charge in [-0.25, -0.2) is 0 Å². The third kappa shape index (κ3) is 4.40. The zero-order valence-corrected chi connectivity index (χ0v) is 25.2. The van der Waals surface area contributed by atoms with E-state index in [0.29, 0.717) is 0 Å². The average Bonchev–Trinajstić information content (AvgIpc) is 3.68. The summed E-state index contributed by atoms with van der Waals surface area (Å²) in [6, 6.07) is 58.5. The molecule has 0 radical (unpaired) electrons. The van der Waals surface area contributed by atoms with Crippen LogP contribution in [0, 0.1) is 0 Å². The Morgan fingerprint density at radius 1 is 0.400 bits per heavy atom. The molecule has 0 fully saturated rings. The molecule has 0 saturated heterocycles. The van der Waals surface area contributed by atoms with Crippen LogP contribution in [0.15, 0.2) is 168 Å². The molecule has 0 atom stereocenters. The monoisotopic (exact) mass is 593 g/mol. The lowest BCUT2D eigenvalue weighted by atomic mass is 10.00. The molecule has 0 saturated carbocycles. The van der Waals surface area contributed by atoms with E-state index in [0.717, 1.165) is 39.0 Å². The fourth-order valence-corrected chi connectivity index (χ4v) is 7.64. The number of benzene rings is 7. The molecule has 9 aromatic rings. The SMILES string of the molecule is c1ccc(-c2ccc(-c3ccc(N(c4ccc5oc6ccccc6c5c4)c4cccc5sc6ccccc6c45)cc3)cc2)cc1. The quantitative estimate of drug-likeness (QED) is 0.197. The summed E-state index contributed by atoms with van der Waals surface area (Å²) in [4.78, 5) is 2.39. The molecule has 7 aromatic carbocycles. The van der Waals surface area contributed by atoms with Crippen LogP contribution >= 0.6 is 11.3 Å². The van der Waals surface area contributed by atoms with Crippen molar-refractivity contribution < 1.29 is 4.42 Å². The molecule has 2 heterocycles. The maximum absolute atomic E-state index is 6.20. The highest BCUT2D eigenvalue weighted by Gasteiger charge is 2.20. The van der Waals surface area contributed by atoms with Gasteiger partial charge in [-0.3, -0.25) is 0 Å². The minimum absolute atomic E-state index is 0.897.